The Bertz CT molecular complexity index is 1030. The van der Waals surface area contributed by atoms with Gasteiger partial charge in [0, 0.05) is 0 Å². The molecule has 1 amide bonds. The average Bonchev–Trinajstić information content (AvgIpc) is 2.69. The maximum atomic E-state index is 12.9. The molecule has 0 radical (unpaired) electrons. The fourth-order valence-electron chi connectivity index (χ4n) is 2.80. The summed E-state index contributed by atoms with van der Waals surface area (Å²) in [6.45, 7) is 1.65. The molecule has 0 bridgehead atoms. The molecule has 8 heteroatoms. The van der Waals surface area contributed by atoms with Gasteiger partial charge >= 0.3 is 5.97 Å². The van der Waals surface area contributed by atoms with Crippen LogP contribution in [0.1, 0.15) is 24.9 Å². The largest absolute Gasteiger partial charge is 0.480 e. The number of carboxylic acid groups (broad SMARTS) is 1. The summed E-state index contributed by atoms with van der Waals surface area (Å²) in [5, 5.41) is 20.0. The molecule has 8 nitrogen and oxygen atoms in total. The van der Waals surface area contributed by atoms with Gasteiger partial charge in [0.1, 0.15) is 11.6 Å². The van der Waals surface area contributed by atoms with Crippen molar-refractivity contribution in [2.45, 2.75) is 25.4 Å². The van der Waals surface area contributed by atoms with E-state index in [0.29, 0.717) is 16.5 Å². The summed E-state index contributed by atoms with van der Waals surface area (Å²) in [5.41, 5.74) is 0.442. The third-order valence-electron chi connectivity index (χ3n) is 4.22. The number of fused-ring (bicyclic) bond motifs is 1. The minimum Gasteiger partial charge on any atom is -0.480 e. The second-order valence-corrected chi connectivity index (χ2v) is 5.98. The van der Waals surface area contributed by atoms with Gasteiger partial charge < -0.3 is 10.4 Å². The number of rotatable bonds is 6. The van der Waals surface area contributed by atoms with E-state index in [-0.39, 0.29) is 6.42 Å². The number of carbonyl (C=O) groups excluding carboxylic acids is 1. The maximum Gasteiger partial charge on any atom is 0.326 e. The van der Waals surface area contributed by atoms with E-state index in [4.69, 9.17) is 0 Å². The molecule has 138 valence electrons. The normalized spacial score (nSPS) is 13.1. The van der Waals surface area contributed by atoms with E-state index < -0.39 is 29.5 Å². The van der Waals surface area contributed by atoms with E-state index >= 15 is 0 Å². The van der Waals surface area contributed by atoms with E-state index in [1.807, 2.05) is 0 Å². The molecule has 27 heavy (non-hydrogen) atoms. The molecule has 0 fully saturated rings. The standard InChI is InChI=1S/C19H18N4O4/c1-2-14(19(26)27)20-17(24)16(12-8-4-3-5-9-12)23-18(25)13-10-6-7-11-15(13)21-22-23/h3-11,14,16H,2H2,1H3,(H,20,24)(H,26,27)/t14-,16+/m1/s1. The molecule has 0 spiro atoms. The lowest BCUT2D eigenvalue weighted by atomic mass is 10.1. The third-order valence-corrected chi connectivity index (χ3v) is 4.22. The van der Waals surface area contributed by atoms with Crippen LogP contribution in [0.3, 0.4) is 0 Å². The Morgan fingerprint density at radius 2 is 1.78 bits per heavy atom. The number of nitrogens with zero attached hydrogens (tertiary/aromatic N) is 3. The van der Waals surface area contributed by atoms with Gasteiger partial charge in [0.2, 0.25) is 5.91 Å². The molecular formula is C19H18N4O4. The summed E-state index contributed by atoms with van der Waals surface area (Å²) < 4.78 is 0.988. The molecule has 0 aliphatic carbocycles. The molecular weight excluding hydrogens is 348 g/mol. The summed E-state index contributed by atoms with van der Waals surface area (Å²) >= 11 is 0. The number of benzene rings is 2. The molecule has 0 unspecified atom stereocenters. The lowest BCUT2D eigenvalue weighted by Crippen LogP contribution is -2.46. The maximum absolute atomic E-state index is 12.9. The van der Waals surface area contributed by atoms with E-state index in [0.717, 1.165) is 4.68 Å². The molecule has 0 saturated heterocycles. The predicted molar refractivity (Wildman–Crippen MR) is 98.2 cm³/mol. The van der Waals surface area contributed by atoms with Crippen LogP contribution in [0.25, 0.3) is 10.9 Å². The molecule has 0 aliphatic rings. The van der Waals surface area contributed by atoms with Crippen LogP contribution < -0.4 is 10.9 Å². The SMILES string of the molecule is CC[C@@H](NC(=O)[C@H](c1ccccc1)n1nnc2ccccc2c1=O)C(=O)O. The first-order valence-electron chi connectivity index (χ1n) is 8.45. The van der Waals surface area contributed by atoms with Crippen molar-refractivity contribution < 1.29 is 14.7 Å². The zero-order chi connectivity index (χ0) is 19.4. The minimum absolute atomic E-state index is 0.209. The van der Waals surface area contributed by atoms with Crippen molar-refractivity contribution in [2.75, 3.05) is 0 Å². The van der Waals surface area contributed by atoms with E-state index in [2.05, 4.69) is 15.6 Å². The number of aromatic nitrogens is 3. The minimum atomic E-state index is -1.14. The van der Waals surface area contributed by atoms with Crippen molar-refractivity contribution in [2.24, 2.45) is 0 Å². The van der Waals surface area contributed by atoms with Gasteiger partial charge in [0.05, 0.1) is 5.39 Å². The summed E-state index contributed by atoms with van der Waals surface area (Å²) in [6, 6.07) is 13.1. The van der Waals surface area contributed by atoms with Gasteiger partial charge in [-0.05, 0) is 24.1 Å². The van der Waals surface area contributed by atoms with Gasteiger partial charge in [-0.3, -0.25) is 9.59 Å². The zero-order valence-electron chi connectivity index (χ0n) is 14.6. The Morgan fingerprint density at radius 3 is 2.44 bits per heavy atom. The molecule has 2 N–H and O–H groups in total. The number of nitrogens with one attached hydrogen (secondary N) is 1. The van der Waals surface area contributed by atoms with Crippen LogP contribution in [-0.4, -0.2) is 38.0 Å². The Labute approximate surface area is 154 Å². The highest BCUT2D eigenvalue weighted by molar-refractivity contribution is 5.88. The number of hydrogen-bond acceptors (Lipinski definition) is 5. The van der Waals surface area contributed by atoms with Crippen molar-refractivity contribution in [3.63, 3.8) is 0 Å². The molecule has 2 atom stereocenters. The average molecular weight is 366 g/mol. The first kappa shape index (κ1) is 18.2. The number of carboxylic acids is 1. The van der Waals surface area contributed by atoms with Crippen LogP contribution >= 0.6 is 0 Å². The Morgan fingerprint density at radius 1 is 1.11 bits per heavy atom. The van der Waals surface area contributed by atoms with Crippen molar-refractivity contribution in [1.82, 2.24) is 20.3 Å². The number of amides is 1. The van der Waals surface area contributed by atoms with Crippen LogP contribution in [0.5, 0.6) is 0 Å². The lowest BCUT2D eigenvalue weighted by molar-refractivity contribution is -0.142. The molecule has 0 saturated carbocycles. The number of aliphatic carboxylic acids is 1. The first-order chi connectivity index (χ1) is 13.0. The lowest BCUT2D eigenvalue weighted by Gasteiger charge is -2.20. The second kappa shape index (κ2) is 7.77. The summed E-state index contributed by atoms with van der Waals surface area (Å²) in [7, 11) is 0. The Balaban J connectivity index is 2.11. The Kier molecular flexibility index (Phi) is 5.25. The molecule has 3 aromatic rings. The van der Waals surface area contributed by atoms with Crippen molar-refractivity contribution >= 4 is 22.8 Å². The third kappa shape index (κ3) is 3.69. The van der Waals surface area contributed by atoms with Gasteiger partial charge in [0.15, 0.2) is 6.04 Å². The van der Waals surface area contributed by atoms with Gasteiger partial charge in [0.25, 0.3) is 5.56 Å². The monoisotopic (exact) mass is 366 g/mol. The number of hydrogen-bond donors (Lipinski definition) is 2. The zero-order valence-corrected chi connectivity index (χ0v) is 14.6. The summed E-state index contributed by atoms with van der Waals surface area (Å²) in [6.07, 6.45) is 0.209. The predicted octanol–water partition coefficient (Wildman–Crippen LogP) is 1.36. The highest BCUT2D eigenvalue weighted by Gasteiger charge is 2.29. The number of carbonyl (C=O) groups is 2. The van der Waals surface area contributed by atoms with Gasteiger partial charge in [-0.2, -0.15) is 4.68 Å². The fraction of sp³-hybridized carbons (Fsp3) is 0.211. The fourth-order valence-corrected chi connectivity index (χ4v) is 2.80. The highest BCUT2D eigenvalue weighted by Crippen LogP contribution is 2.17. The quantitative estimate of drug-likeness (QED) is 0.681. The van der Waals surface area contributed by atoms with Crippen LogP contribution in [0.4, 0.5) is 0 Å². The topological polar surface area (TPSA) is 114 Å². The summed E-state index contributed by atoms with van der Waals surface area (Å²) in [4.78, 5) is 37.1. The van der Waals surface area contributed by atoms with Crippen LogP contribution in [0.15, 0.2) is 59.4 Å². The van der Waals surface area contributed by atoms with Crippen LogP contribution in [-0.2, 0) is 9.59 Å². The summed E-state index contributed by atoms with van der Waals surface area (Å²) in [5.74, 6) is -1.78. The van der Waals surface area contributed by atoms with Crippen LogP contribution in [0, 0.1) is 0 Å². The smallest absolute Gasteiger partial charge is 0.326 e. The molecule has 0 aliphatic heterocycles. The highest BCUT2D eigenvalue weighted by atomic mass is 16.4. The van der Waals surface area contributed by atoms with E-state index in [1.54, 1.807) is 61.5 Å². The van der Waals surface area contributed by atoms with Crippen LogP contribution in [0.2, 0.25) is 0 Å². The van der Waals surface area contributed by atoms with Gasteiger partial charge in [-0.15, -0.1) is 5.10 Å². The van der Waals surface area contributed by atoms with E-state index in [9.17, 15) is 19.5 Å². The molecule has 2 aromatic carbocycles. The second-order valence-electron chi connectivity index (χ2n) is 5.98. The molecule has 3 rings (SSSR count). The molecule has 1 heterocycles. The Hall–Kier alpha value is -3.55. The van der Waals surface area contributed by atoms with Crippen molar-refractivity contribution in [3.8, 4) is 0 Å². The van der Waals surface area contributed by atoms with E-state index in [1.165, 1.54) is 0 Å². The van der Waals surface area contributed by atoms with Crippen molar-refractivity contribution in [3.05, 3.63) is 70.5 Å². The first-order valence-corrected chi connectivity index (χ1v) is 8.45. The van der Waals surface area contributed by atoms with Crippen molar-refractivity contribution in [1.29, 1.82) is 0 Å². The molecule has 1 aromatic heterocycles. The van der Waals surface area contributed by atoms with Gasteiger partial charge in [-0.1, -0.05) is 54.6 Å². The van der Waals surface area contributed by atoms with Gasteiger partial charge in [-0.25, -0.2) is 4.79 Å².